The minimum Gasteiger partial charge on any atom is -0.368 e. The molecule has 1 saturated heterocycles. The summed E-state index contributed by atoms with van der Waals surface area (Å²) in [5, 5.41) is 5.58. The molecule has 0 aliphatic carbocycles. The molecule has 6 nitrogen and oxygen atoms in total. The van der Waals surface area contributed by atoms with Gasteiger partial charge in [0, 0.05) is 38.4 Å². The molecule has 0 saturated carbocycles. The van der Waals surface area contributed by atoms with Crippen LogP contribution in [0.4, 0.5) is 14.9 Å². The second-order valence-electron chi connectivity index (χ2n) is 8.33. The number of nitrogens with zero attached hydrogens (tertiary/aromatic N) is 2. The summed E-state index contributed by atoms with van der Waals surface area (Å²) in [6.07, 6.45) is 1.37. The second kappa shape index (κ2) is 11.0. The molecule has 0 aromatic heterocycles. The maximum absolute atomic E-state index is 13.1. The number of nitrogens with one attached hydrogen (secondary N) is 2. The highest BCUT2D eigenvalue weighted by atomic mass is 19.1. The number of carbonyl (C=O) groups excluding carboxylic acids is 2. The first-order valence-corrected chi connectivity index (χ1v) is 11.3. The van der Waals surface area contributed by atoms with Gasteiger partial charge in [-0.25, -0.2) is 9.18 Å². The quantitative estimate of drug-likeness (QED) is 0.689. The highest BCUT2D eigenvalue weighted by molar-refractivity contribution is 5.87. The van der Waals surface area contributed by atoms with Crippen LogP contribution in [0.2, 0.25) is 0 Å². The number of carbonyl (C=O) groups is 2. The minimum atomic E-state index is -0.555. The third kappa shape index (κ3) is 5.99. The normalized spacial score (nSPS) is 14.8. The number of piperazine rings is 1. The van der Waals surface area contributed by atoms with Gasteiger partial charge in [-0.2, -0.15) is 0 Å². The number of aryl methyl sites for hydroxylation is 1. The van der Waals surface area contributed by atoms with Crippen molar-refractivity contribution in [2.24, 2.45) is 0 Å². The van der Waals surface area contributed by atoms with Gasteiger partial charge in [0.05, 0.1) is 0 Å². The van der Waals surface area contributed by atoms with Gasteiger partial charge in [0.15, 0.2) is 0 Å². The zero-order chi connectivity index (χ0) is 23.1. The highest BCUT2D eigenvalue weighted by Gasteiger charge is 2.28. The average molecular weight is 441 g/mol. The molecule has 32 heavy (non-hydrogen) atoms. The van der Waals surface area contributed by atoms with E-state index in [1.165, 1.54) is 28.9 Å². The summed E-state index contributed by atoms with van der Waals surface area (Å²) in [6.45, 7) is 9.31. The predicted octanol–water partition coefficient (Wildman–Crippen LogP) is 3.76. The largest absolute Gasteiger partial charge is 0.368 e. The Balaban J connectivity index is 1.53. The zero-order valence-corrected chi connectivity index (χ0v) is 19.2. The molecule has 7 heteroatoms. The van der Waals surface area contributed by atoms with E-state index in [1.807, 2.05) is 11.8 Å². The number of amides is 3. The number of anilines is 1. The van der Waals surface area contributed by atoms with Crippen molar-refractivity contribution in [3.63, 3.8) is 0 Å². The van der Waals surface area contributed by atoms with Gasteiger partial charge in [-0.1, -0.05) is 37.6 Å². The third-order valence-corrected chi connectivity index (χ3v) is 6.06. The Hall–Kier alpha value is -3.09. The molecule has 2 N–H and O–H groups in total. The van der Waals surface area contributed by atoms with Gasteiger partial charge in [0.2, 0.25) is 5.91 Å². The molecule has 0 bridgehead atoms. The topological polar surface area (TPSA) is 64.7 Å². The molecule has 0 spiro atoms. The lowest BCUT2D eigenvalue weighted by Crippen LogP contribution is -2.56. The van der Waals surface area contributed by atoms with Gasteiger partial charge in [-0.15, -0.1) is 0 Å². The fraction of sp³-hybridized carbons (Fsp3) is 0.440. The van der Waals surface area contributed by atoms with Crippen molar-refractivity contribution in [1.29, 1.82) is 0 Å². The molecule has 1 unspecified atom stereocenters. The SMILES string of the molecule is CCCC(NC(=O)NCc1ccc(F)cc1)C(=O)N1CCN(c2cccc(C)c2C)CC1. The van der Waals surface area contributed by atoms with Crippen LogP contribution in [-0.2, 0) is 11.3 Å². The lowest BCUT2D eigenvalue weighted by molar-refractivity contribution is -0.133. The van der Waals surface area contributed by atoms with Crippen LogP contribution in [0.25, 0.3) is 0 Å². The molecule has 3 amide bonds. The first-order valence-electron chi connectivity index (χ1n) is 11.3. The predicted molar refractivity (Wildman–Crippen MR) is 125 cm³/mol. The van der Waals surface area contributed by atoms with E-state index in [1.54, 1.807) is 12.1 Å². The van der Waals surface area contributed by atoms with Gasteiger partial charge in [-0.3, -0.25) is 4.79 Å². The van der Waals surface area contributed by atoms with Crippen LogP contribution in [0.5, 0.6) is 0 Å². The van der Waals surface area contributed by atoms with E-state index in [0.717, 1.165) is 25.1 Å². The molecule has 1 heterocycles. The number of urea groups is 1. The van der Waals surface area contributed by atoms with Crippen LogP contribution < -0.4 is 15.5 Å². The lowest BCUT2D eigenvalue weighted by atomic mass is 10.1. The third-order valence-electron chi connectivity index (χ3n) is 6.06. The lowest BCUT2D eigenvalue weighted by Gasteiger charge is -2.38. The first-order chi connectivity index (χ1) is 15.4. The van der Waals surface area contributed by atoms with Gasteiger partial charge in [-0.05, 0) is 55.2 Å². The number of hydrogen-bond donors (Lipinski definition) is 2. The molecular formula is C25H33FN4O2. The van der Waals surface area contributed by atoms with Gasteiger partial charge in [0.1, 0.15) is 11.9 Å². The molecule has 1 atom stereocenters. The molecule has 0 radical (unpaired) electrons. The van der Waals surface area contributed by atoms with Crippen LogP contribution in [0.3, 0.4) is 0 Å². The van der Waals surface area contributed by atoms with Crippen LogP contribution in [0.15, 0.2) is 42.5 Å². The number of benzene rings is 2. The number of halogens is 1. The average Bonchev–Trinajstić information content (AvgIpc) is 2.80. The fourth-order valence-corrected chi connectivity index (χ4v) is 4.01. The molecule has 1 fully saturated rings. The minimum absolute atomic E-state index is 0.0376. The molecule has 3 rings (SSSR count). The van der Waals surface area contributed by atoms with Crippen LogP contribution in [-0.4, -0.2) is 49.1 Å². The van der Waals surface area contributed by atoms with Crippen LogP contribution in [0, 0.1) is 19.7 Å². The maximum atomic E-state index is 13.1. The van der Waals surface area contributed by atoms with E-state index < -0.39 is 12.1 Å². The second-order valence-corrected chi connectivity index (χ2v) is 8.33. The van der Waals surface area contributed by atoms with Gasteiger partial charge >= 0.3 is 6.03 Å². The summed E-state index contributed by atoms with van der Waals surface area (Å²) < 4.78 is 13.0. The summed E-state index contributed by atoms with van der Waals surface area (Å²) in [7, 11) is 0. The zero-order valence-electron chi connectivity index (χ0n) is 19.2. The smallest absolute Gasteiger partial charge is 0.315 e. The van der Waals surface area contributed by atoms with E-state index in [-0.39, 0.29) is 18.3 Å². The molecule has 1 aliphatic rings. The molecule has 172 valence electrons. The summed E-state index contributed by atoms with van der Waals surface area (Å²) in [5.74, 6) is -0.353. The van der Waals surface area contributed by atoms with E-state index in [4.69, 9.17) is 0 Å². The highest BCUT2D eigenvalue weighted by Crippen LogP contribution is 2.24. The maximum Gasteiger partial charge on any atom is 0.315 e. The van der Waals surface area contributed by atoms with Crippen molar-refractivity contribution >= 4 is 17.6 Å². The van der Waals surface area contributed by atoms with E-state index in [2.05, 4.69) is 47.6 Å². The Morgan fingerprint density at radius 3 is 2.38 bits per heavy atom. The van der Waals surface area contributed by atoms with Crippen molar-refractivity contribution in [2.45, 2.75) is 46.2 Å². The Morgan fingerprint density at radius 1 is 1.03 bits per heavy atom. The summed E-state index contributed by atoms with van der Waals surface area (Å²) in [6, 6.07) is 11.3. The Bertz CT molecular complexity index is 924. The van der Waals surface area contributed by atoms with Crippen LogP contribution >= 0.6 is 0 Å². The van der Waals surface area contributed by atoms with E-state index >= 15 is 0 Å². The van der Waals surface area contributed by atoms with Crippen molar-refractivity contribution in [2.75, 3.05) is 31.1 Å². The summed E-state index contributed by atoms with van der Waals surface area (Å²) in [5.41, 5.74) is 4.55. The van der Waals surface area contributed by atoms with E-state index in [9.17, 15) is 14.0 Å². The Kier molecular flexibility index (Phi) is 8.09. The molecule has 2 aromatic carbocycles. The van der Waals surface area contributed by atoms with Crippen LogP contribution in [0.1, 0.15) is 36.5 Å². The fourth-order valence-electron chi connectivity index (χ4n) is 4.01. The standard InChI is InChI=1S/C25H33FN4O2/c1-4-6-22(28-25(32)27-17-20-9-11-21(26)12-10-20)24(31)30-15-13-29(14-16-30)23-8-5-7-18(2)19(23)3/h5,7-12,22H,4,6,13-17H2,1-3H3,(H2,27,28,32). The van der Waals surface area contributed by atoms with E-state index in [0.29, 0.717) is 19.5 Å². The number of hydrogen-bond acceptors (Lipinski definition) is 3. The summed E-state index contributed by atoms with van der Waals surface area (Å²) in [4.78, 5) is 29.7. The molecule has 2 aromatic rings. The van der Waals surface area contributed by atoms with Crippen molar-refractivity contribution < 1.29 is 14.0 Å². The van der Waals surface area contributed by atoms with Gasteiger partial charge in [0.25, 0.3) is 0 Å². The van der Waals surface area contributed by atoms with Gasteiger partial charge < -0.3 is 20.4 Å². The van der Waals surface area contributed by atoms with Crippen molar-refractivity contribution in [1.82, 2.24) is 15.5 Å². The van der Waals surface area contributed by atoms with Crippen molar-refractivity contribution in [3.05, 3.63) is 65.0 Å². The Labute approximate surface area is 189 Å². The molecule has 1 aliphatic heterocycles. The van der Waals surface area contributed by atoms with Crippen molar-refractivity contribution in [3.8, 4) is 0 Å². The Morgan fingerprint density at radius 2 is 1.72 bits per heavy atom. The number of rotatable bonds is 7. The first kappa shape index (κ1) is 23.6. The summed E-state index contributed by atoms with van der Waals surface area (Å²) >= 11 is 0. The monoisotopic (exact) mass is 440 g/mol. The molecular weight excluding hydrogens is 407 g/mol.